The molecule has 2 aromatic rings. The summed E-state index contributed by atoms with van der Waals surface area (Å²) >= 11 is 10.9. The molecule has 0 heterocycles. The van der Waals surface area contributed by atoms with Crippen molar-refractivity contribution >= 4 is 46.0 Å². The topological polar surface area (TPSA) is 98.3 Å². The van der Waals surface area contributed by atoms with Crippen molar-refractivity contribution in [3.05, 3.63) is 65.7 Å². The van der Waals surface area contributed by atoms with Crippen LogP contribution >= 0.6 is 23.2 Å². The quantitative estimate of drug-likeness (QED) is 0.313. The Morgan fingerprint density at radius 2 is 1.41 bits per heavy atom. The van der Waals surface area contributed by atoms with Gasteiger partial charge >= 0.3 is 23.7 Å². The van der Waals surface area contributed by atoms with Gasteiger partial charge in [0.25, 0.3) is 0 Å². The van der Waals surface area contributed by atoms with Gasteiger partial charge in [-0.25, -0.2) is 0 Å². The normalized spacial score (nSPS) is 12.0. The van der Waals surface area contributed by atoms with Crippen LogP contribution in [0.15, 0.2) is 24.3 Å². The van der Waals surface area contributed by atoms with E-state index in [0.717, 1.165) is 12.1 Å². The molecule has 0 atom stereocenters. The third-order valence-electron chi connectivity index (χ3n) is 3.44. The van der Waals surface area contributed by atoms with Crippen LogP contribution in [0.3, 0.4) is 0 Å². The van der Waals surface area contributed by atoms with Crippen molar-refractivity contribution in [2.75, 3.05) is 5.32 Å². The zero-order chi connectivity index (χ0) is 22.3. The fourth-order valence-electron chi connectivity index (χ4n) is 2.24. The highest BCUT2D eigenvalue weighted by Crippen LogP contribution is 2.48. The number of nitro groups is 2. The summed E-state index contributed by atoms with van der Waals surface area (Å²) in [4.78, 5) is 19.6. The average molecular weight is 464 g/mol. The Morgan fingerprint density at radius 1 is 0.862 bits per heavy atom. The van der Waals surface area contributed by atoms with E-state index in [0.29, 0.717) is 6.07 Å². The summed E-state index contributed by atoms with van der Waals surface area (Å²) in [6.07, 6.45) is -10.2. The molecule has 29 heavy (non-hydrogen) atoms. The number of nitrogens with zero attached hydrogens (tertiary/aromatic N) is 2. The van der Waals surface area contributed by atoms with E-state index in [4.69, 9.17) is 23.2 Å². The first kappa shape index (κ1) is 22.5. The molecule has 0 aliphatic rings. The maximum Gasteiger partial charge on any atom is 0.418 e. The zero-order valence-electron chi connectivity index (χ0n) is 13.4. The number of anilines is 2. The van der Waals surface area contributed by atoms with Crippen LogP contribution in [0.4, 0.5) is 49.1 Å². The second-order valence-corrected chi connectivity index (χ2v) is 6.10. The van der Waals surface area contributed by atoms with Gasteiger partial charge in [-0.1, -0.05) is 23.2 Å². The van der Waals surface area contributed by atoms with Gasteiger partial charge in [-0.15, -0.1) is 0 Å². The number of rotatable bonds is 4. The number of nitro benzene ring substituents is 2. The molecule has 0 aromatic heterocycles. The molecule has 0 fully saturated rings. The fraction of sp³-hybridized carbons (Fsp3) is 0.143. The van der Waals surface area contributed by atoms with Crippen molar-refractivity contribution in [1.82, 2.24) is 0 Å². The van der Waals surface area contributed by atoms with Crippen LogP contribution in [-0.4, -0.2) is 9.85 Å². The predicted molar refractivity (Wildman–Crippen MR) is 89.5 cm³/mol. The van der Waals surface area contributed by atoms with E-state index in [1.165, 1.54) is 0 Å². The molecule has 0 unspecified atom stereocenters. The summed E-state index contributed by atoms with van der Waals surface area (Å²) in [5, 5.41) is 22.2. The van der Waals surface area contributed by atoms with E-state index >= 15 is 0 Å². The van der Waals surface area contributed by atoms with E-state index in [-0.39, 0.29) is 6.07 Å². The lowest BCUT2D eigenvalue weighted by Crippen LogP contribution is -2.11. The second-order valence-electron chi connectivity index (χ2n) is 5.31. The van der Waals surface area contributed by atoms with Crippen molar-refractivity contribution in [2.45, 2.75) is 12.4 Å². The lowest BCUT2D eigenvalue weighted by Gasteiger charge is -2.15. The number of benzene rings is 2. The number of alkyl halides is 6. The molecule has 0 bridgehead atoms. The molecule has 0 spiro atoms. The van der Waals surface area contributed by atoms with Crippen LogP contribution in [0, 0.1) is 20.2 Å². The molecule has 0 saturated carbocycles. The van der Waals surface area contributed by atoms with E-state index in [1.807, 2.05) is 5.32 Å². The Labute approximate surface area is 166 Å². The highest BCUT2D eigenvalue weighted by Gasteiger charge is 2.42. The maximum atomic E-state index is 13.0. The van der Waals surface area contributed by atoms with Crippen LogP contribution < -0.4 is 5.32 Å². The van der Waals surface area contributed by atoms with Gasteiger partial charge in [0.15, 0.2) is 5.69 Å². The number of halogens is 8. The monoisotopic (exact) mass is 463 g/mol. The first-order valence-electron chi connectivity index (χ1n) is 7.00. The first-order valence-corrected chi connectivity index (χ1v) is 7.76. The lowest BCUT2D eigenvalue weighted by atomic mass is 10.1. The Balaban J connectivity index is 2.78. The summed E-state index contributed by atoms with van der Waals surface area (Å²) < 4.78 is 78.0. The lowest BCUT2D eigenvalue weighted by molar-refractivity contribution is -0.392. The molecule has 7 nitrogen and oxygen atoms in total. The predicted octanol–water partition coefficient (Wildman–Crippen LogP) is 6.59. The third kappa shape index (κ3) is 4.62. The fourth-order valence-corrected chi connectivity index (χ4v) is 2.79. The van der Waals surface area contributed by atoms with Gasteiger partial charge in [0.05, 0.1) is 26.0 Å². The SMILES string of the molecule is O=[N+]([O-])c1cc(C(F)(F)F)c(Cl)c([N+](=O)[O-])c1Nc1ccc(Cl)c(C(F)(F)F)c1. The molecule has 0 amide bonds. The Kier molecular flexibility index (Phi) is 5.86. The van der Waals surface area contributed by atoms with Crippen LogP contribution in [0.1, 0.15) is 11.1 Å². The summed E-state index contributed by atoms with van der Waals surface area (Å²) in [5.74, 6) is 0. The van der Waals surface area contributed by atoms with Crippen LogP contribution in [-0.2, 0) is 12.4 Å². The van der Waals surface area contributed by atoms with Crippen molar-refractivity contribution in [1.29, 1.82) is 0 Å². The molecular weight excluding hydrogens is 459 g/mol. The molecule has 0 aliphatic carbocycles. The van der Waals surface area contributed by atoms with Crippen LogP contribution in [0.5, 0.6) is 0 Å². The molecule has 0 aliphatic heterocycles. The zero-order valence-corrected chi connectivity index (χ0v) is 14.9. The van der Waals surface area contributed by atoms with Gasteiger partial charge in [0.2, 0.25) is 0 Å². The van der Waals surface area contributed by atoms with Crippen molar-refractivity contribution in [3.63, 3.8) is 0 Å². The molecule has 2 rings (SSSR count). The van der Waals surface area contributed by atoms with Crippen molar-refractivity contribution < 1.29 is 36.2 Å². The van der Waals surface area contributed by atoms with E-state index in [2.05, 4.69) is 0 Å². The standard InChI is InChI=1S/C14H5Cl2F6N3O4/c15-8-2-1-5(3-6(8)13(17,18)19)23-11-9(24(26)27)4-7(14(20,21)22)10(16)12(11)25(28)29/h1-4,23H. The largest absolute Gasteiger partial charge is 0.418 e. The second kappa shape index (κ2) is 7.55. The summed E-state index contributed by atoms with van der Waals surface area (Å²) in [6.45, 7) is 0. The summed E-state index contributed by atoms with van der Waals surface area (Å²) in [5.41, 5.74) is -7.88. The highest BCUT2D eigenvalue weighted by atomic mass is 35.5. The summed E-state index contributed by atoms with van der Waals surface area (Å²) in [6, 6.07) is 1.95. The molecule has 15 heteroatoms. The third-order valence-corrected chi connectivity index (χ3v) is 4.16. The van der Waals surface area contributed by atoms with Crippen molar-refractivity contribution in [2.24, 2.45) is 0 Å². The minimum absolute atomic E-state index is 0.0573. The smallest absolute Gasteiger partial charge is 0.344 e. The Bertz CT molecular complexity index is 1010. The minimum atomic E-state index is -5.27. The summed E-state index contributed by atoms with van der Waals surface area (Å²) in [7, 11) is 0. The van der Waals surface area contributed by atoms with Gasteiger partial charge in [-0.3, -0.25) is 20.2 Å². The van der Waals surface area contributed by atoms with Crippen molar-refractivity contribution in [3.8, 4) is 0 Å². The molecule has 1 N–H and O–H groups in total. The molecule has 0 radical (unpaired) electrons. The van der Waals surface area contributed by atoms with Crippen LogP contribution in [0.2, 0.25) is 10.0 Å². The van der Waals surface area contributed by atoms with E-state index < -0.39 is 66.1 Å². The number of hydrogen-bond donors (Lipinski definition) is 1. The van der Waals surface area contributed by atoms with E-state index in [1.54, 1.807) is 0 Å². The van der Waals surface area contributed by atoms with Crippen LogP contribution in [0.25, 0.3) is 0 Å². The van der Waals surface area contributed by atoms with E-state index in [9.17, 15) is 46.6 Å². The van der Waals surface area contributed by atoms with Gasteiger partial charge in [0, 0.05) is 11.8 Å². The minimum Gasteiger partial charge on any atom is -0.344 e. The molecule has 0 saturated heterocycles. The Morgan fingerprint density at radius 3 is 1.86 bits per heavy atom. The first-order chi connectivity index (χ1) is 13.1. The Hall–Kier alpha value is -2.80. The number of hydrogen-bond acceptors (Lipinski definition) is 5. The average Bonchev–Trinajstić information content (AvgIpc) is 2.53. The number of nitrogens with one attached hydrogen (secondary N) is 1. The molecule has 156 valence electrons. The van der Waals surface area contributed by atoms with Gasteiger partial charge in [-0.05, 0) is 18.2 Å². The van der Waals surface area contributed by atoms with Gasteiger partial charge in [-0.2, -0.15) is 26.3 Å². The molecule has 2 aromatic carbocycles. The van der Waals surface area contributed by atoms with Gasteiger partial charge < -0.3 is 5.32 Å². The maximum absolute atomic E-state index is 13.0. The molecular formula is C14H5Cl2F6N3O4. The van der Waals surface area contributed by atoms with Gasteiger partial charge in [0.1, 0.15) is 5.02 Å². The highest BCUT2D eigenvalue weighted by molar-refractivity contribution is 6.34.